The molecule has 194 valence electrons. The molecule has 2 amide bonds. The van der Waals surface area contributed by atoms with Crippen molar-refractivity contribution in [2.24, 2.45) is 0 Å². The molecule has 0 spiro atoms. The number of amidine groups is 1. The van der Waals surface area contributed by atoms with Crippen molar-refractivity contribution in [2.75, 3.05) is 13.7 Å². The van der Waals surface area contributed by atoms with E-state index >= 15 is 0 Å². The van der Waals surface area contributed by atoms with E-state index in [4.69, 9.17) is 24.4 Å². The predicted octanol–water partition coefficient (Wildman–Crippen LogP) is 4.81. The van der Waals surface area contributed by atoms with Crippen molar-refractivity contribution in [1.82, 2.24) is 10.6 Å². The number of benzene rings is 2. The van der Waals surface area contributed by atoms with Gasteiger partial charge in [-0.15, -0.1) is 0 Å². The molecule has 0 fully saturated rings. The Morgan fingerprint density at radius 1 is 1.06 bits per heavy atom. The first-order chi connectivity index (χ1) is 16.9. The molecule has 36 heavy (non-hydrogen) atoms. The van der Waals surface area contributed by atoms with Crippen molar-refractivity contribution in [1.29, 1.82) is 5.41 Å². The van der Waals surface area contributed by atoms with Crippen molar-refractivity contribution in [2.45, 2.75) is 52.9 Å². The Labute approximate surface area is 212 Å². The maximum absolute atomic E-state index is 12.9. The van der Waals surface area contributed by atoms with Gasteiger partial charge in [0.2, 0.25) is 0 Å². The van der Waals surface area contributed by atoms with Gasteiger partial charge in [-0.2, -0.15) is 0 Å². The maximum atomic E-state index is 12.9. The minimum atomic E-state index is -0.653. The van der Waals surface area contributed by atoms with Crippen LogP contribution in [0.1, 0.15) is 50.5 Å². The van der Waals surface area contributed by atoms with E-state index in [0.29, 0.717) is 30.4 Å². The molecule has 0 saturated carbocycles. The predicted molar refractivity (Wildman–Crippen MR) is 138 cm³/mol. The highest BCUT2D eigenvalue weighted by atomic mass is 16.6. The SMILES string of the molecule is COCC(C)Oc1cc(OCc2ccccc2)cc(C(=O)NC(=N)/C=C(/C)NC(=O)OC(C)(C)C)c1. The molecule has 0 saturated heterocycles. The number of nitrogens with one attached hydrogen (secondary N) is 3. The number of carbonyl (C=O) groups is 2. The van der Waals surface area contributed by atoms with Gasteiger partial charge in [-0.25, -0.2) is 4.79 Å². The summed E-state index contributed by atoms with van der Waals surface area (Å²) in [6, 6.07) is 14.5. The van der Waals surface area contributed by atoms with Gasteiger partial charge in [0.25, 0.3) is 5.91 Å². The molecule has 0 radical (unpaired) electrons. The molecule has 0 bridgehead atoms. The Balaban J connectivity index is 2.14. The maximum Gasteiger partial charge on any atom is 0.411 e. The van der Waals surface area contributed by atoms with Crippen LogP contribution >= 0.6 is 0 Å². The van der Waals surface area contributed by atoms with E-state index in [9.17, 15) is 9.59 Å². The Morgan fingerprint density at radius 2 is 1.72 bits per heavy atom. The molecule has 0 aliphatic heterocycles. The van der Waals surface area contributed by atoms with Crippen LogP contribution in [0.3, 0.4) is 0 Å². The lowest BCUT2D eigenvalue weighted by atomic mass is 10.1. The zero-order valence-electron chi connectivity index (χ0n) is 21.6. The first-order valence-corrected chi connectivity index (χ1v) is 11.5. The molecular weight excluding hydrogens is 462 g/mol. The summed E-state index contributed by atoms with van der Waals surface area (Å²) < 4.78 is 22.1. The minimum absolute atomic E-state index is 0.209. The second kappa shape index (κ2) is 13.3. The van der Waals surface area contributed by atoms with Gasteiger partial charge in [0, 0.05) is 24.4 Å². The van der Waals surface area contributed by atoms with Crippen molar-refractivity contribution >= 4 is 17.8 Å². The molecule has 0 aliphatic carbocycles. The molecule has 1 unspecified atom stereocenters. The van der Waals surface area contributed by atoms with Gasteiger partial charge in [-0.05, 0) is 58.4 Å². The molecule has 0 heterocycles. The second-order valence-electron chi connectivity index (χ2n) is 9.17. The van der Waals surface area contributed by atoms with Crippen LogP contribution in [0.5, 0.6) is 11.5 Å². The molecule has 2 aromatic carbocycles. The van der Waals surface area contributed by atoms with Crippen LogP contribution in [0.15, 0.2) is 60.3 Å². The monoisotopic (exact) mass is 497 g/mol. The molecule has 1 atom stereocenters. The first-order valence-electron chi connectivity index (χ1n) is 11.5. The van der Waals surface area contributed by atoms with Gasteiger partial charge in [0.05, 0.1) is 6.61 Å². The van der Waals surface area contributed by atoms with Crippen LogP contribution in [0.4, 0.5) is 4.79 Å². The Bertz CT molecular complexity index is 1080. The molecule has 2 rings (SSSR count). The molecule has 9 heteroatoms. The quantitative estimate of drug-likeness (QED) is 0.320. The second-order valence-corrected chi connectivity index (χ2v) is 9.17. The summed E-state index contributed by atoms with van der Waals surface area (Å²) in [6.07, 6.45) is 0.416. The van der Waals surface area contributed by atoms with Gasteiger partial charge in [-0.3, -0.25) is 15.5 Å². The van der Waals surface area contributed by atoms with Crippen molar-refractivity contribution in [3.05, 3.63) is 71.4 Å². The van der Waals surface area contributed by atoms with E-state index in [1.807, 2.05) is 37.3 Å². The number of alkyl carbamates (subject to hydrolysis) is 1. The Hall–Kier alpha value is -3.85. The average molecular weight is 498 g/mol. The molecule has 3 N–H and O–H groups in total. The molecule has 9 nitrogen and oxygen atoms in total. The number of methoxy groups -OCH3 is 1. The van der Waals surface area contributed by atoms with E-state index in [1.165, 1.54) is 6.08 Å². The summed E-state index contributed by atoms with van der Waals surface area (Å²) >= 11 is 0. The van der Waals surface area contributed by atoms with Gasteiger partial charge in [0.1, 0.15) is 35.6 Å². The summed E-state index contributed by atoms with van der Waals surface area (Å²) in [5.41, 5.74) is 0.908. The topological polar surface area (TPSA) is 119 Å². The summed E-state index contributed by atoms with van der Waals surface area (Å²) in [6.45, 7) is 9.37. The van der Waals surface area contributed by atoms with Crippen LogP contribution in [0.2, 0.25) is 0 Å². The summed E-state index contributed by atoms with van der Waals surface area (Å²) in [5, 5.41) is 13.1. The molecule has 2 aromatic rings. The van der Waals surface area contributed by atoms with Gasteiger partial charge < -0.3 is 24.3 Å². The third kappa shape index (κ3) is 10.6. The van der Waals surface area contributed by atoms with Crippen molar-refractivity contribution in [3.8, 4) is 11.5 Å². The number of amides is 2. The number of rotatable bonds is 10. The minimum Gasteiger partial charge on any atom is -0.489 e. The number of hydrogen-bond donors (Lipinski definition) is 3. The fourth-order valence-corrected chi connectivity index (χ4v) is 3.04. The summed E-state index contributed by atoms with van der Waals surface area (Å²) in [7, 11) is 1.58. The van der Waals surface area contributed by atoms with E-state index in [2.05, 4.69) is 10.6 Å². The first kappa shape index (κ1) is 28.4. The highest BCUT2D eigenvalue weighted by molar-refractivity contribution is 6.09. The zero-order valence-corrected chi connectivity index (χ0v) is 21.6. The van der Waals surface area contributed by atoms with Crippen LogP contribution in [0, 0.1) is 5.41 Å². The third-order valence-electron chi connectivity index (χ3n) is 4.44. The largest absolute Gasteiger partial charge is 0.489 e. The lowest BCUT2D eigenvalue weighted by molar-refractivity contribution is 0.0546. The van der Waals surface area contributed by atoms with Crippen molar-refractivity contribution in [3.63, 3.8) is 0 Å². The van der Waals surface area contributed by atoms with Gasteiger partial charge in [0.15, 0.2) is 0 Å². The Morgan fingerprint density at radius 3 is 2.36 bits per heavy atom. The number of ether oxygens (including phenoxy) is 4. The number of carbonyl (C=O) groups excluding carboxylic acids is 2. The third-order valence-corrected chi connectivity index (χ3v) is 4.44. The molecule has 0 aliphatic rings. The lowest BCUT2D eigenvalue weighted by Crippen LogP contribution is -2.33. The van der Waals surface area contributed by atoms with E-state index in [1.54, 1.807) is 53.0 Å². The van der Waals surface area contributed by atoms with Crippen LogP contribution in [-0.2, 0) is 16.1 Å². The van der Waals surface area contributed by atoms with Crippen LogP contribution < -0.4 is 20.1 Å². The molecule has 0 aromatic heterocycles. The lowest BCUT2D eigenvalue weighted by Gasteiger charge is -2.19. The average Bonchev–Trinajstić information content (AvgIpc) is 2.76. The number of allylic oxidation sites excluding steroid dienone is 1. The zero-order chi connectivity index (χ0) is 26.7. The highest BCUT2D eigenvalue weighted by Crippen LogP contribution is 2.25. The highest BCUT2D eigenvalue weighted by Gasteiger charge is 2.17. The summed E-state index contributed by atoms with van der Waals surface area (Å²) in [5.74, 6) is 0.131. The smallest absolute Gasteiger partial charge is 0.411 e. The van der Waals surface area contributed by atoms with Crippen LogP contribution in [0.25, 0.3) is 0 Å². The molecular formula is C27H35N3O6. The number of hydrogen-bond acceptors (Lipinski definition) is 7. The fraction of sp³-hybridized carbons (Fsp3) is 0.370. The van der Waals surface area contributed by atoms with Crippen molar-refractivity contribution < 1.29 is 28.5 Å². The Kier molecular flexibility index (Phi) is 10.5. The van der Waals surface area contributed by atoms with Gasteiger partial charge in [-0.1, -0.05) is 30.3 Å². The summed E-state index contributed by atoms with van der Waals surface area (Å²) in [4.78, 5) is 24.8. The van der Waals surface area contributed by atoms with Gasteiger partial charge >= 0.3 is 6.09 Å². The normalized spacial score (nSPS) is 12.3. The van der Waals surface area contributed by atoms with E-state index in [-0.39, 0.29) is 17.5 Å². The fourth-order valence-electron chi connectivity index (χ4n) is 3.04. The standard InChI is InChI=1S/C27H35N3O6/c1-18(29-26(32)36-27(3,4)5)12-24(28)30-25(31)21-13-22(34-17-20-10-8-7-9-11-20)15-23(14-21)35-19(2)16-33-6/h7-15,19H,16-17H2,1-6H3,(H,29,32)(H2,28,30,31)/b18-12-. The van der Waals surface area contributed by atoms with E-state index in [0.717, 1.165) is 5.56 Å². The van der Waals surface area contributed by atoms with Crippen LogP contribution in [-0.4, -0.2) is 43.3 Å². The van der Waals surface area contributed by atoms with E-state index < -0.39 is 17.6 Å².